The summed E-state index contributed by atoms with van der Waals surface area (Å²) < 4.78 is 0. The van der Waals surface area contributed by atoms with Crippen molar-refractivity contribution in [2.45, 2.75) is 116 Å². The van der Waals surface area contributed by atoms with E-state index in [-0.39, 0.29) is 56.4 Å². The quantitative estimate of drug-likeness (QED) is 0.0218. The number of hydrogen-bond acceptors (Lipinski definition) is 13. The number of unbranched alkanes of at least 4 members (excludes halogenated alkanes) is 2. The van der Waals surface area contributed by atoms with Crippen molar-refractivity contribution in [3.05, 3.63) is 71.8 Å². The molecule has 2 atom stereocenters. The van der Waals surface area contributed by atoms with E-state index < -0.39 is 40.9 Å². The zero-order chi connectivity index (χ0) is 49.0. The van der Waals surface area contributed by atoms with Gasteiger partial charge in [-0.15, -0.1) is 0 Å². The van der Waals surface area contributed by atoms with E-state index in [4.69, 9.17) is 0 Å². The fourth-order valence-electron chi connectivity index (χ4n) is 6.50. The van der Waals surface area contributed by atoms with Crippen LogP contribution in [-0.2, 0) is 41.6 Å². The van der Waals surface area contributed by atoms with Crippen LogP contribution in [0, 0.1) is 0 Å². The number of oxime groups is 2. The van der Waals surface area contributed by atoms with Gasteiger partial charge in [0.25, 0.3) is 0 Å². The zero-order valence-corrected chi connectivity index (χ0v) is 39.9. The second-order valence-corrected chi connectivity index (χ2v) is 17.3. The van der Waals surface area contributed by atoms with Gasteiger partial charge in [0.05, 0.1) is 29.0 Å². The molecule has 19 nitrogen and oxygen atoms in total. The first-order chi connectivity index (χ1) is 31.4. The van der Waals surface area contributed by atoms with Crippen LogP contribution in [-0.4, -0.2) is 145 Å². The number of hydrogen-bond donors (Lipinski definition) is 10. The van der Waals surface area contributed by atoms with Crippen LogP contribution in [0.3, 0.4) is 0 Å². The van der Waals surface area contributed by atoms with Gasteiger partial charge in [-0.1, -0.05) is 77.4 Å². The molecule has 0 saturated carbocycles. The van der Waals surface area contributed by atoms with Crippen LogP contribution in [0.4, 0.5) is 0 Å². The van der Waals surface area contributed by atoms with Gasteiger partial charge in [0.2, 0.25) is 35.4 Å². The molecule has 0 radical (unpaired) electrons. The summed E-state index contributed by atoms with van der Waals surface area (Å²) in [5.74, 6) is -2.29. The highest BCUT2D eigenvalue weighted by molar-refractivity contribution is 5.93. The lowest BCUT2D eigenvalue weighted by Crippen LogP contribution is -2.55. The molecule has 0 spiro atoms. The molecular formula is C47H75N11O8. The lowest BCUT2D eigenvalue weighted by atomic mass is 9.99. The van der Waals surface area contributed by atoms with Crippen LogP contribution in [0.2, 0.25) is 0 Å². The third kappa shape index (κ3) is 22.8. The second kappa shape index (κ2) is 30.3. The third-order valence-corrected chi connectivity index (χ3v) is 11.4. The number of carbonyl (C=O) groups is 6. The van der Waals surface area contributed by atoms with Gasteiger partial charge in [0.1, 0.15) is 12.1 Å². The predicted octanol–water partition coefficient (Wildman–Crippen LogP) is 1.62. The Labute approximate surface area is 390 Å². The van der Waals surface area contributed by atoms with Gasteiger partial charge in [0, 0.05) is 85.0 Å². The van der Waals surface area contributed by atoms with E-state index in [1.165, 1.54) is 7.05 Å². The van der Waals surface area contributed by atoms with Gasteiger partial charge in [-0.05, 0) is 65.5 Å². The van der Waals surface area contributed by atoms with E-state index in [1.807, 2.05) is 88.4 Å². The summed E-state index contributed by atoms with van der Waals surface area (Å²) in [6.07, 6.45) is 2.13. The Morgan fingerprint density at radius 1 is 0.561 bits per heavy atom. The standard InChI is InChI=1S/C47H75N11O8/c1-34(56-65)46(3,4)52-26-29-58(30-27-53-47(5,6)35(2)57-66)28-25-49-41(60)22-23-42(61)54-39(32-37-19-13-9-14-20-37)45(64)55-38(31-36-17-11-8-12-18-36)44(63)50-24-16-10-15-21-40(59)51-33-43(62)48-7/h8-9,11-14,17-20,38-39,52-53,65-66H,10,15-16,21-33H2,1-7H3,(H,48,62)(H,49,60)(H,50,63)(H,51,59)(H,54,61)(H,55,64)/b56-34+,57-35+. The lowest BCUT2D eigenvalue weighted by Gasteiger charge is -2.30. The van der Waals surface area contributed by atoms with Crippen molar-refractivity contribution in [3.8, 4) is 0 Å². The van der Waals surface area contributed by atoms with Gasteiger partial charge in [-0.25, -0.2) is 0 Å². The molecule has 0 bridgehead atoms. The summed E-state index contributed by atoms with van der Waals surface area (Å²) in [6, 6.07) is 16.4. The number of nitrogens with one attached hydrogen (secondary N) is 8. The molecule has 0 heterocycles. The molecule has 2 unspecified atom stereocenters. The van der Waals surface area contributed by atoms with Crippen LogP contribution in [0.5, 0.6) is 0 Å². The van der Waals surface area contributed by atoms with Crippen molar-refractivity contribution in [1.29, 1.82) is 0 Å². The van der Waals surface area contributed by atoms with E-state index in [2.05, 4.69) is 57.7 Å². The Balaban J connectivity index is 2.03. The first-order valence-corrected chi connectivity index (χ1v) is 22.7. The van der Waals surface area contributed by atoms with Crippen LogP contribution in [0.15, 0.2) is 71.0 Å². The highest BCUT2D eigenvalue weighted by Gasteiger charge is 2.28. The number of rotatable bonds is 32. The Bertz CT molecular complexity index is 1840. The Morgan fingerprint density at radius 3 is 1.56 bits per heavy atom. The normalized spacial score (nSPS) is 13.0. The number of nitrogens with zero attached hydrogens (tertiary/aromatic N) is 3. The molecule has 2 aromatic rings. The van der Waals surface area contributed by atoms with E-state index in [9.17, 15) is 39.2 Å². The van der Waals surface area contributed by atoms with Crippen LogP contribution < -0.4 is 42.5 Å². The minimum absolute atomic E-state index is 0.0835. The largest absolute Gasteiger partial charge is 0.411 e. The van der Waals surface area contributed by atoms with Crippen LogP contribution in [0.1, 0.15) is 91.2 Å². The molecule has 366 valence electrons. The van der Waals surface area contributed by atoms with Gasteiger partial charge in [0.15, 0.2) is 0 Å². The summed E-state index contributed by atoms with van der Waals surface area (Å²) in [7, 11) is 1.49. The van der Waals surface area contributed by atoms with Crippen molar-refractivity contribution in [2.24, 2.45) is 10.3 Å². The molecule has 6 amide bonds. The molecule has 19 heteroatoms. The average Bonchev–Trinajstić information content (AvgIpc) is 3.30. The fraction of sp³-hybridized carbons (Fsp3) is 0.574. The van der Waals surface area contributed by atoms with Crippen LogP contribution >= 0.6 is 0 Å². The first kappa shape index (κ1) is 56.2. The molecule has 0 saturated heterocycles. The minimum Gasteiger partial charge on any atom is -0.411 e. The summed E-state index contributed by atoms with van der Waals surface area (Å²) in [5, 5.41) is 48.5. The number of carbonyl (C=O) groups excluding carboxylic acids is 6. The molecule has 0 aliphatic rings. The fourth-order valence-corrected chi connectivity index (χ4v) is 6.50. The van der Waals surface area contributed by atoms with Gasteiger partial charge in [-0.3, -0.25) is 33.7 Å². The van der Waals surface area contributed by atoms with Gasteiger partial charge < -0.3 is 52.9 Å². The summed E-state index contributed by atoms with van der Waals surface area (Å²) >= 11 is 0. The molecule has 2 aromatic carbocycles. The Morgan fingerprint density at radius 2 is 1.05 bits per heavy atom. The van der Waals surface area contributed by atoms with Crippen molar-refractivity contribution in [3.63, 3.8) is 0 Å². The number of likely N-dealkylation sites (N-methyl/N-ethyl adjacent to an activating group) is 1. The molecule has 2 rings (SSSR count). The van der Waals surface area contributed by atoms with Gasteiger partial charge >= 0.3 is 0 Å². The van der Waals surface area contributed by atoms with E-state index in [1.54, 1.807) is 13.8 Å². The zero-order valence-electron chi connectivity index (χ0n) is 39.9. The highest BCUT2D eigenvalue weighted by Crippen LogP contribution is 2.10. The minimum atomic E-state index is -1.05. The maximum Gasteiger partial charge on any atom is 0.243 e. The Hall–Kier alpha value is -5.92. The highest BCUT2D eigenvalue weighted by atomic mass is 16.4. The first-order valence-electron chi connectivity index (χ1n) is 22.7. The predicted molar refractivity (Wildman–Crippen MR) is 255 cm³/mol. The smallest absolute Gasteiger partial charge is 0.243 e. The Kier molecular flexibility index (Phi) is 25.8. The summed E-state index contributed by atoms with van der Waals surface area (Å²) in [6.45, 7) is 14.5. The van der Waals surface area contributed by atoms with Crippen LogP contribution in [0.25, 0.3) is 0 Å². The van der Waals surface area contributed by atoms with E-state index in [0.29, 0.717) is 76.5 Å². The van der Waals surface area contributed by atoms with Crippen molar-refractivity contribution < 1.29 is 39.2 Å². The molecule has 0 aliphatic carbocycles. The third-order valence-electron chi connectivity index (χ3n) is 11.4. The molecule has 66 heavy (non-hydrogen) atoms. The maximum absolute atomic E-state index is 14.0. The summed E-state index contributed by atoms with van der Waals surface area (Å²) in [4.78, 5) is 79.5. The SMILES string of the molecule is CNC(=O)CNC(=O)CCCCCNC(=O)C(Cc1ccccc1)NC(=O)C(Cc1ccccc1)NC(=O)CCC(=O)NCCN(CCNC(C)(C)/C(C)=N/O)CCNC(C)(C)/C(C)=N/O. The topological polar surface area (TPSA) is 267 Å². The molecule has 0 aromatic heterocycles. The van der Waals surface area contributed by atoms with Crippen molar-refractivity contribution in [1.82, 2.24) is 47.4 Å². The molecule has 0 fully saturated rings. The van der Waals surface area contributed by atoms with Crippen molar-refractivity contribution >= 4 is 46.9 Å². The monoisotopic (exact) mass is 922 g/mol. The van der Waals surface area contributed by atoms with Crippen molar-refractivity contribution in [2.75, 3.05) is 59.4 Å². The molecule has 0 aliphatic heterocycles. The van der Waals surface area contributed by atoms with E-state index >= 15 is 0 Å². The number of amides is 6. The summed E-state index contributed by atoms with van der Waals surface area (Å²) in [5.41, 5.74) is 1.62. The van der Waals surface area contributed by atoms with Gasteiger partial charge in [-0.2, -0.15) is 0 Å². The number of benzene rings is 2. The average molecular weight is 922 g/mol. The van der Waals surface area contributed by atoms with E-state index in [0.717, 1.165) is 11.1 Å². The molecule has 10 N–H and O–H groups in total. The lowest BCUT2D eigenvalue weighted by molar-refractivity contribution is -0.132. The second-order valence-electron chi connectivity index (χ2n) is 17.3. The maximum atomic E-state index is 14.0. The molecular weight excluding hydrogens is 847 g/mol.